The number of oxazole rings is 1. The van der Waals surface area contributed by atoms with Crippen molar-refractivity contribution in [3.8, 4) is 0 Å². The molecular formula is C13H10FN3O. The molecule has 3 aromatic rings. The molecule has 1 aromatic carbocycles. The molecule has 0 saturated heterocycles. The van der Waals surface area contributed by atoms with Crippen LogP contribution < -0.4 is 5.73 Å². The van der Waals surface area contributed by atoms with Crippen LogP contribution in [0.5, 0.6) is 0 Å². The first kappa shape index (κ1) is 10.7. The second kappa shape index (κ2) is 4.10. The maximum Gasteiger partial charge on any atom is 0.201 e. The highest BCUT2D eigenvalue weighted by Gasteiger charge is 2.08. The van der Waals surface area contributed by atoms with Crippen molar-refractivity contribution in [1.82, 2.24) is 9.97 Å². The molecule has 0 aliphatic heterocycles. The number of halogens is 1. The molecule has 0 radical (unpaired) electrons. The molecule has 0 saturated carbocycles. The molecule has 18 heavy (non-hydrogen) atoms. The fraction of sp³-hybridized carbons (Fsp3) is 0.0769. The van der Waals surface area contributed by atoms with Gasteiger partial charge in [-0.15, -0.1) is 0 Å². The highest BCUT2D eigenvalue weighted by atomic mass is 19.1. The van der Waals surface area contributed by atoms with Gasteiger partial charge in [-0.05, 0) is 17.7 Å². The Morgan fingerprint density at radius 2 is 2.00 bits per heavy atom. The lowest BCUT2D eigenvalue weighted by Crippen LogP contribution is -1.88. The van der Waals surface area contributed by atoms with Crippen LogP contribution in [0.3, 0.4) is 0 Å². The van der Waals surface area contributed by atoms with Crippen molar-refractivity contribution < 1.29 is 8.81 Å². The molecule has 0 amide bonds. The third kappa shape index (κ3) is 2.02. The number of nitrogens with two attached hydrogens (primary N) is 1. The molecule has 0 aliphatic rings. The van der Waals surface area contributed by atoms with Crippen LogP contribution in [0.4, 0.5) is 10.1 Å². The van der Waals surface area contributed by atoms with E-state index in [4.69, 9.17) is 10.2 Å². The summed E-state index contributed by atoms with van der Waals surface area (Å²) in [6, 6.07) is 7.91. The minimum Gasteiger partial charge on any atom is -0.438 e. The lowest BCUT2D eigenvalue weighted by atomic mass is 10.1. The predicted molar refractivity (Wildman–Crippen MR) is 65.4 cm³/mol. The molecule has 90 valence electrons. The number of anilines is 1. The number of pyridine rings is 1. The Kier molecular flexibility index (Phi) is 2.44. The van der Waals surface area contributed by atoms with Gasteiger partial charge >= 0.3 is 0 Å². The van der Waals surface area contributed by atoms with Gasteiger partial charge in [0.15, 0.2) is 11.2 Å². The van der Waals surface area contributed by atoms with E-state index in [1.165, 1.54) is 18.3 Å². The summed E-state index contributed by atoms with van der Waals surface area (Å²) < 4.78 is 18.3. The van der Waals surface area contributed by atoms with Gasteiger partial charge in [-0.25, -0.2) is 9.37 Å². The molecule has 4 nitrogen and oxygen atoms in total. The van der Waals surface area contributed by atoms with Crippen molar-refractivity contribution in [2.75, 3.05) is 5.73 Å². The van der Waals surface area contributed by atoms with E-state index < -0.39 is 0 Å². The lowest BCUT2D eigenvalue weighted by Gasteiger charge is -1.96. The predicted octanol–water partition coefficient (Wildman–Crippen LogP) is 2.53. The van der Waals surface area contributed by atoms with Crippen LogP contribution in [0.2, 0.25) is 0 Å². The van der Waals surface area contributed by atoms with Crippen molar-refractivity contribution in [3.05, 3.63) is 53.8 Å². The monoisotopic (exact) mass is 243 g/mol. The summed E-state index contributed by atoms with van der Waals surface area (Å²) in [4.78, 5) is 8.31. The van der Waals surface area contributed by atoms with E-state index in [2.05, 4.69) is 9.97 Å². The molecule has 0 spiro atoms. The molecule has 0 fully saturated rings. The second-order valence-electron chi connectivity index (χ2n) is 4.00. The third-order valence-corrected chi connectivity index (χ3v) is 2.58. The number of nitrogens with zero attached hydrogens (tertiary/aromatic N) is 2. The summed E-state index contributed by atoms with van der Waals surface area (Å²) in [5.74, 6) is 0.278. The first-order valence-electron chi connectivity index (χ1n) is 5.46. The standard InChI is InChI=1S/C13H10FN3O/c14-9-3-1-8(2-4-9)5-12-17-13-11(18-12)6-10(15)7-16-13/h1-4,6-7H,5,15H2. The molecule has 0 bridgehead atoms. The molecule has 5 heteroatoms. The van der Waals surface area contributed by atoms with E-state index >= 15 is 0 Å². The zero-order valence-electron chi connectivity index (χ0n) is 9.43. The number of nitrogen functional groups attached to an aromatic ring is 1. The SMILES string of the molecule is Nc1cnc2nc(Cc3ccc(F)cc3)oc2c1. The Morgan fingerprint density at radius 1 is 1.22 bits per heavy atom. The quantitative estimate of drug-likeness (QED) is 0.751. The fourth-order valence-electron chi connectivity index (χ4n) is 1.73. The minimum absolute atomic E-state index is 0.259. The van der Waals surface area contributed by atoms with Crippen molar-refractivity contribution >= 4 is 16.9 Å². The highest BCUT2D eigenvalue weighted by Crippen LogP contribution is 2.18. The lowest BCUT2D eigenvalue weighted by molar-refractivity contribution is 0.543. The zero-order valence-corrected chi connectivity index (χ0v) is 9.43. The summed E-state index contributed by atoms with van der Waals surface area (Å²) >= 11 is 0. The van der Waals surface area contributed by atoms with Crippen LogP contribution >= 0.6 is 0 Å². The van der Waals surface area contributed by atoms with Crippen LogP contribution in [-0.2, 0) is 6.42 Å². The maximum absolute atomic E-state index is 12.8. The molecule has 3 rings (SSSR count). The van der Waals surface area contributed by atoms with E-state index in [0.717, 1.165) is 5.56 Å². The smallest absolute Gasteiger partial charge is 0.201 e. The van der Waals surface area contributed by atoms with Crippen molar-refractivity contribution in [2.45, 2.75) is 6.42 Å². The molecule has 0 atom stereocenters. The summed E-state index contributed by atoms with van der Waals surface area (Å²) in [5.41, 5.74) is 8.16. The Balaban J connectivity index is 1.92. The molecule has 0 unspecified atom stereocenters. The van der Waals surface area contributed by atoms with Crippen LogP contribution in [0.1, 0.15) is 11.5 Å². The van der Waals surface area contributed by atoms with E-state index in [0.29, 0.717) is 29.2 Å². The first-order chi connectivity index (χ1) is 8.70. The van der Waals surface area contributed by atoms with Crippen molar-refractivity contribution in [1.29, 1.82) is 0 Å². The topological polar surface area (TPSA) is 64.9 Å². The van der Waals surface area contributed by atoms with Gasteiger partial charge in [-0.2, -0.15) is 4.98 Å². The Morgan fingerprint density at radius 3 is 2.78 bits per heavy atom. The Hall–Kier alpha value is -2.43. The molecule has 2 heterocycles. The van der Waals surface area contributed by atoms with E-state index in [1.54, 1.807) is 18.2 Å². The number of aromatic nitrogens is 2. The van der Waals surface area contributed by atoms with Crippen molar-refractivity contribution in [3.63, 3.8) is 0 Å². The molecular weight excluding hydrogens is 233 g/mol. The largest absolute Gasteiger partial charge is 0.438 e. The summed E-state index contributed by atoms with van der Waals surface area (Å²) in [7, 11) is 0. The van der Waals surface area contributed by atoms with Gasteiger partial charge in [-0.3, -0.25) is 0 Å². The molecule has 2 N–H and O–H groups in total. The summed E-state index contributed by atoms with van der Waals surface area (Å²) in [6.07, 6.45) is 2.03. The summed E-state index contributed by atoms with van der Waals surface area (Å²) in [6.45, 7) is 0. The van der Waals surface area contributed by atoms with Gasteiger partial charge in [0, 0.05) is 12.5 Å². The third-order valence-electron chi connectivity index (χ3n) is 2.58. The van der Waals surface area contributed by atoms with Gasteiger partial charge in [0.1, 0.15) is 5.82 Å². The first-order valence-corrected chi connectivity index (χ1v) is 5.46. The van der Waals surface area contributed by atoms with Crippen LogP contribution in [0, 0.1) is 5.82 Å². The minimum atomic E-state index is -0.259. The highest BCUT2D eigenvalue weighted by molar-refractivity contribution is 5.71. The maximum atomic E-state index is 12.8. The van der Waals surface area contributed by atoms with Crippen LogP contribution in [0.25, 0.3) is 11.2 Å². The molecule has 2 aromatic heterocycles. The normalized spacial score (nSPS) is 10.9. The zero-order chi connectivity index (χ0) is 12.5. The van der Waals surface area contributed by atoms with Gasteiger partial charge in [0.05, 0.1) is 11.9 Å². The molecule has 0 aliphatic carbocycles. The van der Waals surface area contributed by atoms with Gasteiger partial charge < -0.3 is 10.2 Å². The average Bonchev–Trinajstić information content (AvgIpc) is 2.73. The Labute approximate surface area is 102 Å². The van der Waals surface area contributed by atoms with E-state index in [9.17, 15) is 4.39 Å². The average molecular weight is 243 g/mol. The second-order valence-corrected chi connectivity index (χ2v) is 4.00. The van der Waals surface area contributed by atoms with Crippen LogP contribution in [-0.4, -0.2) is 9.97 Å². The van der Waals surface area contributed by atoms with Crippen LogP contribution in [0.15, 0.2) is 40.9 Å². The van der Waals surface area contributed by atoms with Crippen molar-refractivity contribution in [2.24, 2.45) is 0 Å². The van der Waals surface area contributed by atoms with E-state index in [1.807, 2.05) is 0 Å². The number of hydrogen-bond acceptors (Lipinski definition) is 4. The van der Waals surface area contributed by atoms with Gasteiger partial charge in [0.2, 0.25) is 5.89 Å². The number of fused-ring (bicyclic) bond motifs is 1. The van der Waals surface area contributed by atoms with Gasteiger partial charge in [-0.1, -0.05) is 12.1 Å². The number of benzene rings is 1. The van der Waals surface area contributed by atoms with E-state index in [-0.39, 0.29) is 5.82 Å². The Bertz CT molecular complexity index is 691. The van der Waals surface area contributed by atoms with Gasteiger partial charge in [0.25, 0.3) is 0 Å². The number of hydrogen-bond donors (Lipinski definition) is 1. The summed E-state index contributed by atoms with van der Waals surface area (Å²) in [5, 5.41) is 0. The number of rotatable bonds is 2. The fourth-order valence-corrected chi connectivity index (χ4v) is 1.73.